The van der Waals surface area contributed by atoms with E-state index in [9.17, 15) is 18.0 Å². The number of hydrogen-bond acceptors (Lipinski definition) is 4. The first-order valence-electron chi connectivity index (χ1n) is 14.7. The maximum atomic E-state index is 14.3. The summed E-state index contributed by atoms with van der Waals surface area (Å²) in [4.78, 5) is 29.4. The molecule has 1 atom stereocenters. The molecule has 2 amide bonds. The van der Waals surface area contributed by atoms with Gasteiger partial charge in [0.1, 0.15) is 12.6 Å². The molecule has 10 heteroatoms. The van der Waals surface area contributed by atoms with Gasteiger partial charge in [-0.15, -0.1) is 0 Å². The molecule has 0 saturated heterocycles. The Kier molecular flexibility index (Phi) is 11.2. The van der Waals surface area contributed by atoms with E-state index in [2.05, 4.69) is 19.2 Å². The second-order valence-electron chi connectivity index (χ2n) is 11.2. The first-order chi connectivity index (χ1) is 20.5. The van der Waals surface area contributed by atoms with Crippen LogP contribution in [0.4, 0.5) is 5.69 Å². The predicted octanol–water partition coefficient (Wildman–Crippen LogP) is 7.18. The van der Waals surface area contributed by atoms with E-state index in [1.807, 2.05) is 19.1 Å². The predicted molar refractivity (Wildman–Crippen MR) is 173 cm³/mol. The van der Waals surface area contributed by atoms with E-state index in [0.29, 0.717) is 27.7 Å². The molecule has 3 aromatic rings. The van der Waals surface area contributed by atoms with Crippen LogP contribution in [0.15, 0.2) is 77.7 Å². The van der Waals surface area contributed by atoms with Crippen LogP contribution in [0.2, 0.25) is 10.0 Å². The average Bonchev–Trinajstić information content (AvgIpc) is 3.50. The molecule has 1 unspecified atom stereocenters. The fraction of sp³-hybridized carbons (Fsp3) is 0.394. The Hall–Kier alpha value is -3.07. The van der Waals surface area contributed by atoms with Crippen LogP contribution < -0.4 is 9.62 Å². The number of nitrogens with one attached hydrogen (secondary N) is 1. The third-order valence-electron chi connectivity index (χ3n) is 7.90. The second kappa shape index (κ2) is 14.6. The van der Waals surface area contributed by atoms with Crippen molar-refractivity contribution in [3.8, 4) is 0 Å². The van der Waals surface area contributed by atoms with Gasteiger partial charge in [-0.1, -0.05) is 93.2 Å². The fourth-order valence-electron chi connectivity index (χ4n) is 5.39. The van der Waals surface area contributed by atoms with Gasteiger partial charge in [-0.05, 0) is 72.7 Å². The summed E-state index contributed by atoms with van der Waals surface area (Å²) in [5.74, 6) is -0.531. The van der Waals surface area contributed by atoms with Crippen LogP contribution in [-0.4, -0.2) is 43.8 Å². The number of sulfonamides is 1. The minimum atomic E-state index is -4.13. The van der Waals surface area contributed by atoms with Gasteiger partial charge in [-0.3, -0.25) is 13.9 Å². The molecule has 43 heavy (non-hydrogen) atoms. The number of halogens is 2. The topological polar surface area (TPSA) is 86.8 Å². The maximum Gasteiger partial charge on any atom is 0.264 e. The molecule has 0 spiro atoms. The molecule has 4 rings (SSSR count). The minimum absolute atomic E-state index is 0.0109. The van der Waals surface area contributed by atoms with Gasteiger partial charge in [0.25, 0.3) is 10.0 Å². The van der Waals surface area contributed by atoms with Crippen molar-refractivity contribution < 1.29 is 18.0 Å². The van der Waals surface area contributed by atoms with Crippen molar-refractivity contribution in [3.63, 3.8) is 0 Å². The van der Waals surface area contributed by atoms with Crippen molar-refractivity contribution in [2.45, 2.75) is 82.3 Å². The number of hydrogen-bond donors (Lipinski definition) is 1. The molecule has 0 aromatic heterocycles. The van der Waals surface area contributed by atoms with Crippen LogP contribution in [0.1, 0.15) is 69.9 Å². The fourth-order valence-corrected chi connectivity index (χ4v) is 7.30. The number of anilines is 1. The number of nitrogens with zero attached hydrogens (tertiary/aromatic N) is 2. The largest absolute Gasteiger partial charge is 0.352 e. The monoisotopic (exact) mass is 643 g/mol. The Labute approximate surface area is 265 Å². The van der Waals surface area contributed by atoms with Gasteiger partial charge >= 0.3 is 0 Å². The van der Waals surface area contributed by atoms with Crippen molar-refractivity contribution in [2.24, 2.45) is 0 Å². The maximum absolute atomic E-state index is 14.3. The van der Waals surface area contributed by atoms with Gasteiger partial charge in [-0.25, -0.2) is 8.42 Å². The molecule has 0 heterocycles. The van der Waals surface area contributed by atoms with Crippen LogP contribution in [0.5, 0.6) is 0 Å². The smallest absolute Gasteiger partial charge is 0.264 e. The lowest BCUT2D eigenvalue weighted by Gasteiger charge is -2.34. The Morgan fingerprint density at radius 2 is 1.60 bits per heavy atom. The Morgan fingerprint density at radius 1 is 0.953 bits per heavy atom. The summed E-state index contributed by atoms with van der Waals surface area (Å²) < 4.78 is 29.1. The van der Waals surface area contributed by atoms with Gasteiger partial charge in [-0.2, -0.15) is 0 Å². The lowest BCUT2D eigenvalue weighted by atomic mass is 10.0. The van der Waals surface area contributed by atoms with E-state index >= 15 is 0 Å². The van der Waals surface area contributed by atoms with Crippen molar-refractivity contribution in [3.05, 3.63) is 94.0 Å². The summed E-state index contributed by atoms with van der Waals surface area (Å²) in [6.07, 6.45) is 4.23. The molecular formula is C33H39Cl2N3O4S. The molecule has 7 nitrogen and oxygen atoms in total. The van der Waals surface area contributed by atoms with Crippen LogP contribution in [0, 0.1) is 0 Å². The zero-order valence-corrected chi connectivity index (χ0v) is 27.1. The summed E-state index contributed by atoms with van der Waals surface area (Å²) in [6, 6.07) is 19.4. The summed E-state index contributed by atoms with van der Waals surface area (Å²) in [6.45, 7) is 5.45. The van der Waals surface area contributed by atoms with Crippen LogP contribution in [-0.2, 0) is 26.2 Å². The summed E-state index contributed by atoms with van der Waals surface area (Å²) >= 11 is 12.6. The van der Waals surface area contributed by atoms with E-state index < -0.39 is 28.5 Å². The molecule has 1 saturated carbocycles. The number of carbonyl (C=O) groups excluding carboxylic acids is 2. The second-order valence-corrected chi connectivity index (χ2v) is 13.9. The summed E-state index contributed by atoms with van der Waals surface area (Å²) in [5, 5.41) is 3.92. The summed E-state index contributed by atoms with van der Waals surface area (Å²) in [5.41, 5.74) is 2.00. The Morgan fingerprint density at radius 3 is 2.19 bits per heavy atom. The van der Waals surface area contributed by atoms with E-state index in [1.165, 1.54) is 17.0 Å². The molecule has 3 aromatic carbocycles. The van der Waals surface area contributed by atoms with Gasteiger partial charge in [0.05, 0.1) is 10.6 Å². The molecule has 0 bridgehead atoms. The quantitative estimate of drug-likeness (QED) is 0.226. The Balaban J connectivity index is 1.73. The first-order valence-corrected chi connectivity index (χ1v) is 16.9. The van der Waals surface area contributed by atoms with E-state index in [0.717, 1.165) is 35.6 Å². The molecule has 0 radical (unpaired) electrons. The van der Waals surface area contributed by atoms with Crippen molar-refractivity contribution in [1.29, 1.82) is 0 Å². The van der Waals surface area contributed by atoms with Crippen molar-refractivity contribution in [1.82, 2.24) is 10.2 Å². The number of benzene rings is 3. The first kappa shape index (κ1) is 32.8. The third-order valence-corrected chi connectivity index (χ3v) is 10.3. The van der Waals surface area contributed by atoms with Crippen LogP contribution >= 0.6 is 23.2 Å². The molecule has 0 aliphatic heterocycles. The molecule has 1 fully saturated rings. The highest BCUT2D eigenvalue weighted by Gasteiger charge is 2.34. The van der Waals surface area contributed by atoms with Gasteiger partial charge < -0.3 is 10.2 Å². The standard InChI is InChI=1S/C33H39Cl2N3O4S/c1-4-31(33(40)36-27-10-8-9-11-27)37(21-25-14-17-26(34)20-30(25)35)32(39)22-38(28-18-15-24(16-19-28)23(2)3)43(41,42)29-12-6-5-7-13-29/h5-7,12-20,23,27,31H,4,8-11,21-22H2,1-3H3,(H,36,40). The van der Waals surface area contributed by atoms with Gasteiger partial charge in [0.2, 0.25) is 11.8 Å². The molecule has 1 aliphatic carbocycles. The molecule has 1 aliphatic rings. The zero-order chi connectivity index (χ0) is 31.1. The van der Waals surface area contributed by atoms with Gasteiger partial charge in [0.15, 0.2) is 0 Å². The van der Waals surface area contributed by atoms with E-state index in [1.54, 1.807) is 48.5 Å². The number of rotatable bonds is 12. The highest BCUT2D eigenvalue weighted by molar-refractivity contribution is 7.92. The van der Waals surface area contributed by atoms with Crippen LogP contribution in [0.3, 0.4) is 0 Å². The SMILES string of the molecule is CCC(C(=O)NC1CCCC1)N(Cc1ccc(Cl)cc1Cl)C(=O)CN(c1ccc(C(C)C)cc1)S(=O)(=O)c1ccccc1. The number of carbonyl (C=O) groups is 2. The molecular weight excluding hydrogens is 605 g/mol. The van der Waals surface area contributed by atoms with Crippen molar-refractivity contribution in [2.75, 3.05) is 10.8 Å². The minimum Gasteiger partial charge on any atom is -0.352 e. The zero-order valence-electron chi connectivity index (χ0n) is 24.8. The normalized spacial score (nSPS) is 14.5. The lowest BCUT2D eigenvalue weighted by Crippen LogP contribution is -2.53. The summed E-state index contributed by atoms with van der Waals surface area (Å²) in [7, 11) is -4.13. The third kappa shape index (κ3) is 8.11. The average molecular weight is 645 g/mol. The highest BCUT2D eigenvalue weighted by Crippen LogP contribution is 2.28. The number of amides is 2. The van der Waals surface area contributed by atoms with Crippen LogP contribution in [0.25, 0.3) is 0 Å². The van der Waals surface area contributed by atoms with E-state index in [4.69, 9.17) is 23.2 Å². The van der Waals surface area contributed by atoms with Gasteiger partial charge in [0, 0.05) is 22.6 Å². The molecule has 230 valence electrons. The lowest BCUT2D eigenvalue weighted by molar-refractivity contribution is -0.140. The van der Waals surface area contributed by atoms with E-state index in [-0.39, 0.29) is 29.3 Å². The molecule has 1 N–H and O–H groups in total. The Bertz CT molecular complexity index is 1510. The van der Waals surface area contributed by atoms with Crippen molar-refractivity contribution >= 4 is 50.7 Å². The highest BCUT2D eigenvalue weighted by atomic mass is 35.5.